The second-order valence-electron chi connectivity index (χ2n) is 5.74. The average Bonchev–Trinajstić information content (AvgIpc) is 2.71. The highest BCUT2D eigenvalue weighted by atomic mass is 32.1. The molecule has 0 aliphatic heterocycles. The lowest BCUT2D eigenvalue weighted by Crippen LogP contribution is -2.42. The van der Waals surface area contributed by atoms with Crippen LogP contribution in [0.15, 0.2) is 60.7 Å². The molecule has 28 heavy (non-hydrogen) atoms. The molecule has 3 N–H and O–H groups in total. The summed E-state index contributed by atoms with van der Waals surface area (Å²) in [6.07, 6.45) is 0. The van der Waals surface area contributed by atoms with Gasteiger partial charge in [-0.05, 0) is 47.3 Å². The molecule has 0 saturated carbocycles. The molecule has 3 aromatic rings. The van der Waals surface area contributed by atoms with Crippen molar-refractivity contribution in [3.8, 4) is 5.75 Å². The number of rotatable bonds is 5. The summed E-state index contributed by atoms with van der Waals surface area (Å²) in [5, 5.41) is 15.1. The van der Waals surface area contributed by atoms with Gasteiger partial charge in [-0.2, -0.15) is 0 Å². The van der Waals surface area contributed by atoms with Crippen LogP contribution in [-0.4, -0.2) is 23.1 Å². The number of non-ortho nitro benzene ring substituents is 1. The SMILES string of the molecule is COc1cc2ccccc2cc1C(=O)NC(=S)NNc1ccc([N+](=O)[O-])cc1. The Morgan fingerprint density at radius 1 is 1.07 bits per heavy atom. The van der Waals surface area contributed by atoms with Crippen LogP contribution in [-0.2, 0) is 0 Å². The summed E-state index contributed by atoms with van der Waals surface area (Å²) < 4.78 is 5.32. The molecule has 0 aliphatic carbocycles. The van der Waals surface area contributed by atoms with E-state index in [1.54, 1.807) is 12.1 Å². The van der Waals surface area contributed by atoms with Crippen molar-refractivity contribution in [3.63, 3.8) is 0 Å². The minimum Gasteiger partial charge on any atom is -0.496 e. The van der Waals surface area contributed by atoms with Crippen molar-refractivity contribution >= 4 is 45.4 Å². The minimum atomic E-state index is -0.487. The molecular weight excluding hydrogens is 380 g/mol. The van der Waals surface area contributed by atoms with Gasteiger partial charge in [0.15, 0.2) is 5.11 Å². The van der Waals surface area contributed by atoms with Crippen molar-refractivity contribution in [2.75, 3.05) is 12.5 Å². The van der Waals surface area contributed by atoms with Crippen LogP contribution >= 0.6 is 12.2 Å². The Balaban J connectivity index is 1.66. The maximum atomic E-state index is 12.6. The van der Waals surface area contributed by atoms with Gasteiger partial charge in [0.05, 0.1) is 23.3 Å². The number of hydrazine groups is 1. The van der Waals surface area contributed by atoms with Crippen LogP contribution in [0, 0.1) is 10.1 Å². The number of benzene rings is 3. The Hall–Kier alpha value is -3.72. The molecule has 0 spiro atoms. The number of fused-ring (bicyclic) bond motifs is 1. The molecule has 142 valence electrons. The van der Waals surface area contributed by atoms with E-state index >= 15 is 0 Å². The van der Waals surface area contributed by atoms with Gasteiger partial charge in [-0.25, -0.2) is 0 Å². The molecule has 0 heterocycles. The van der Waals surface area contributed by atoms with E-state index < -0.39 is 10.8 Å². The summed E-state index contributed by atoms with van der Waals surface area (Å²) in [5.41, 5.74) is 6.30. The highest BCUT2D eigenvalue weighted by Gasteiger charge is 2.15. The van der Waals surface area contributed by atoms with Gasteiger partial charge >= 0.3 is 0 Å². The molecule has 0 aromatic heterocycles. The molecule has 0 fully saturated rings. The monoisotopic (exact) mass is 396 g/mol. The van der Waals surface area contributed by atoms with E-state index in [2.05, 4.69) is 16.2 Å². The number of amides is 1. The maximum Gasteiger partial charge on any atom is 0.269 e. The summed E-state index contributed by atoms with van der Waals surface area (Å²) in [6, 6.07) is 16.9. The lowest BCUT2D eigenvalue weighted by Gasteiger charge is -2.13. The number of nitrogens with one attached hydrogen (secondary N) is 3. The van der Waals surface area contributed by atoms with Gasteiger partial charge in [0, 0.05) is 12.1 Å². The molecule has 0 radical (unpaired) electrons. The van der Waals surface area contributed by atoms with Gasteiger partial charge in [-0.1, -0.05) is 24.3 Å². The van der Waals surface area contributed by atoms with Gasteiger partial charge in [-0.15, -0.1) is 0 Å². The molecule has 0 bridgehead atoms. The zero-order valence-electron chi connectivity index (χ0n) is 14.8. The van der Waals surface area contributed by atoms with Crippen molar-refractivity contribution in [2.24, 2.45) is 0 Å². The third kappa shape index (κ3) is 4.33. The summed E-state index contributed by atoms with van der Waals surface area (Å²) in [6.45, 7) is 0. The highest BCUT2D eigenvalue weighted by molar-refractivity contribution is 7.80. The van der Waals surface area contributed by atoms with E-state index in [0.29, 0.717) is 17.0 Å². The van der Waals surface area contributed by atoms with Gasteiger partial charge in [0.1, 0.15) is 5.75 Å². The van der Waals surface area contributed by atoms with E-state index in [1.165, 1.54) is 31.4 Å². The number of thiocarbonyl (C=S) groups is 1. The zero-order chi connectivity index (χ0) is 20.1. The predicted octanol–water partition coefficient (Wildman–Crippen LogP) is 3.39. The summed E-state index contributed by atoms with van der Waals surface area (Å²) >= 11 is 5.12. The number of ether oxygens (including phenoxy) is 1. The molecule has 3 aromatic carbocycles. The van der Waals surface area contributed by atoms with Gasteiger partial charge in [0.2, 0.25) is 0 Å². The van der Waals surface area contributed by atoms with Crippen molar-refractivity contribution in [2.45, 2.75) is 0 Å². The van der Waals surface area contributed by atoms with Gasteiger partial charge in [-0.3, -0.25) is 31.1 Å². The number of hydrogen-bond donors (Lipinski definition) is 3. The van der Waals surface area contributed by atoms with Crippen LogP contribution in [0.25, 0.3) is 10.8 Å². The first-order chi connectivity index (χ1) is 13.5. The number of carbonyl (C=O) groups excluding carboxylic acids is 1. The first-order valence-electron chi connectivity index (χ1n) is 8.16. The minimum absolute atomic E-state index is 0.0233. The number of nitro benzene ring substituents is 1. The third-order valence-electron chi connectivity index (χ3n) is 3.94. The van der Waals surface area contributed by atoms with Crippen LogP contribution in [0.2, 0.25) is 0 Å². The standard InChI is InChI=1S/C19H16N4O4S/c1-27-17-11-13-5-3-2-4-12(13)10-16(17)18(24)20-19(28)22-21-14-6-8-15(9-7-14)23(25)26/h2-11,21H,1H3,(H2,20,22,24,28). The Morgan fingerprint density at radius 2 is 1.71 bits per heavy atom. The number of carbonyl (C=O) groups is 1. The van der Waals surface area contributed by atoms with Crippen LogP contribution < -0.4 is 20.9 Å². The quantitative estimate of drug-likeness (QED) is 0.345. The lowest BCUT2D eigenvalue weighted by molar-refractivity contribution is -0.384. The first-order valence-corrected chi connectivity index (χ1v) is 8.57. The third-order valence-corrected chi connectivity index (χ3v) is 4.14. The van der Waals surface area contributed by atoms with Crippen molar-refractivity contribution in [1.29, 1.82) is 0 Å². The Kier molecular flexibility index (Phi) is 5.66. The van der Waals surface area contributed by atoms with Crippen LogP contribution in [0.4, 0.5) is 11.4 Å². The van der Waals surface area contributed by atoms with Crippen LogP contribution in [0.1, 0.15) is 10.4 Å². The molecule has 0 atom stereocenters. The van der Waals surface area contributed by atoms with Gasteiger partial charge in [0.25, 0.3) is 11.6 Å². The predicted molar refractivity (Wildman–Crippen MR) is 110 cm³/mol. The number of anilines is 1. The Bertz CT molecular complexity index is 1050. The highest BCUT2D eigenvalue weighted by Crippen LogP contribution is 2.25. The fraction of sp³-hybridized carbons (Fsp3) is 0.0526. The van der Waals surface area contributed by atoms with E-state index in [-0.39, 0.29) is 10.8 Å². The maximum absolute atomic E-state index is 12.6. The van der Waals surface area contributed by atoms with Gasteiger partial charge < -0.3 is 4.74 Å². The Labute approximate surface area is 165 Å². The van der Waals surface area contributed by atoms with E-state index in [1.807, 2.05) is 24.3 Å². The topological polar surface area (TPSA) is 106 Å². The second kappa shape index (κ2) is 8.31. The molecule has 0 unspecified atom stereocenters. The fourth-order valence-electron chi connectivity index (χ4n) is 2.56. The molecule has 1 amide bonds. The lowest BCUT2D eigenvalue weighted by atomic mass is 10.1. The number of methoxy groups -OCH3 is 1. The average molecular weight is 396 g/mol. The van der Waals surface area contributed by atoms with Crippen LogP contribution in [0.3, 0.4) is 0 Å². The van der Waals surface area contributed by atoms with Crippen LogP contribution in [0.5, 0.6) is 5.75 Å². The molecule has 3 rings (SSSR count). The van der Waals surface area contributed by atoms with Crippen molar-refractivity contribution in [1.82, 2.24) is 10.7 Å². The van der Waals surface area contributed by atoms with E-state index in [4.69, 9.17) is 17.0 Å². The fourth-order valence-corrected chi connectivity index (χ4v) is 2.71. The summed E-state index contributed by atoms with van der Waals surface area (Å²) in [5.74, 6) is 0.00734. The zero-order valence-corrected chi connectivity index (χ0v) is 15.6. The molecule has 0 saturated heterocycles. The second-order valence-corrected chi connectivity index (χ2v) is 6.15. The first kappa shape index (κ1) is 19.1. The van der Waals surface area contributed by atoms with E-state index in [0.717, 1.165) is 10.8 Å². The number of hydrogen-bond acceptors (Lipinski definition) is 6. The Morgan fingerprint density at radius 3 is 2.32 bits per heavy atom. The van der Waals surface area contributed by atoms with Crippen molar-refractivity contribution in [3.05, 3.63) is 76.3 Å². The largest absolute Gasteiger partial charge is 0.496 e. The summed E-state index contributed by atoms with van der Waals surface area (Å²) in [7, 11) is 1.49. The molecule has 8 nitrogen and oxygen atoms in total. The van der Waals surface area contributed by atoms with Crippen molar-refractivity contribution < 1.29 is 14.5 Å². The summed E-state index contributed by atoms with van der Waals surface area (Å²) in [4.78, 5) is 22.8. The normalized spacial score (nSPS) is 10.2. The van der Waals surface area contributed by atoms with E-state index in [9.17, 15) is 14.9 Å². The number of nitro groups is 1. The number of nitrogens with zero attached hydrogens (tertiary/aromatic N) is 1. The molecule has 9 heteroatoms. The molecule has 0 aliphatic rings. The molecular formula is C19H16N4O4S. The smallest absolute Gasteiger partial charge is 0.269 e.